The molecule has 7 heteroatoms. The summed E-state index contributed by atoms with van der Waals surface area (Å²) >= 11 is 9.00. The monoisotopic (exact) mass is 358 g/mol. The number of nitrogens with zero attached hydrogens (tertiary/aromatic N) is 1. The van der Waals surface area contributed by atoms with Crippen LogP contribution in [0.15, 0.2) is 40.9 Å². The summed E-state index contributed by atoms with van der Waals surface area (Å²) in [5, 5.41) is 13.8. The number of benzene rings is 2. The number of non-ortho nitro benzene ring substituents is 1. The number of halogens is 3. The van der Waals surface area contributed by atoms with E-state index in [0.717, 1.165) is 5.56 Å². The molecule has 4 nitrogen and oxygen atoms in total. The van der Waals surface area contributed by atoms with E-state index >= 15 is 0 Å². The summed E-state index contributed by atoms with van der Waals surface area (Å²) in [5.41, 5.74) is 1.35. The SMILES string of the molecule is O=[N+]([O-])c1ccc(Br)c(NCc2ccc(F)c(Cl)c2)c1. The molecule has 0 spiro atoms. The second-order valence-corrected chi connectivity index (χ2v) is 5.28. The van der Waals surface area contributed by atoms with Crippen molar-refractivity contribution in [3.05, 3.63) is 67.4 Å². The highest BCUT2D eigenvalue weighted by Crippen LogP contribution is 2.27. The van der Waals surface area contributed by atoms with Crippen LogP contribution in [0.4, 0.5) is 15.8 Å². The molecule has 0 aliphatic heterocycles. The van der Waals surface area contributed by atoms with Crippen LogP contribution in [0.2, 0.25) is 5.02 Å². The molecule has 1 N–H and O–H groups in total. The normalized spacial score (nSPS) is 10.3. The summed E-state index contributed by atoms with van der Waals surface area (Å²) in [7, 11) is 0. The second-order valence-electron chi connectivity index (χ2n) is 4.02. The van der Waals surface area contributed by atoms with Gasteiger partial charge in [0.1, 0.15) is 5.82 Å². The third kappa shape index (κ3) is 3.46. The van der Waals surface area contributed by atoms with Crippen LogP contribution in [0.5, 0.6) is 0 Å². The van der Waals surface area contributed by atoms with Crippen molar-refractivity contribution in [3.8, 4) is 0 Å². The lowest BCUT2D eigenvalue weighted by atomic mass is 10.2. The van der Waals surface area contributed by atoms with Crippen molar-refractivity contribution in [1.82, 2.24) is 0 Å². The van der Waals surface area contributed by atoms with Gasteiger partial charge in [-0.3, -0.25) is 10.1 Å². The van der Waals surface area contributed by atoms with E-state index in [1.54, 1.807) is 12.1 Å². The van der Waals surface area contributed by atoms with E-state index in [9.17, 15) is 14.5 Å². The van der Waals surface area contributed by atoms with E-state index in [2.05, 4.69) is 21.2 Å². The first kappa shape index (κ1) is 14.7. The Bertz CT molecular complexity index is 667. The van der Waals surface area contributed by atoms with Crippen molar-refractivity contribution in [2.24, 2.45) is 0 Å². The topological polar surface area (TPSA) is 55.2 Å². The Balaban J connectivity index is 2.15. The molecule has 0 radical (unpaired) electrons. The summed E-state index contributed by atoms with van der Waals surface area (Å²) in [6.45, 7) is 0.375. The lowest BCUT2D eigenvalue weighted by Gasteiger charge is -2.09. The molecule has 0 saturated carbocycles. The van der Waals surface area contributed by atoms with Gasteiger partial charge in [0.25, 0.3) is 5.69 Å². The van der Waals surface area contributed by atoms with Gasteiger partial charge in [-0.1, -0.05) is 17.7 Å². The summed E-state index contributed by atoms with van der Waals surface area (Å²) < 4.78 is 13.7. The lowest BCUT2D eigenvalue weighted by Crippen LogP contribution is -2.01. The Morgan fingerprint density at radius 2 is 2.05 bits per heavy atom. The average molecular weight is 360 g/mol. The molecule has 0 fully saturated rings. The highest BCUT2D eigenvalue weighted by atomic mass is 79.9. The van der Waals surface area contributed by atoms with Crippen LogP contribution >= 0.6 is 27.5 Å². The van der Waals surface area contributed by atoms with Gasteiger partial charge in [-0.05, 0) is 39.7 Å². The van der Waals surface area contributed by atoms with Gasteiger partial charge in [0, 0.05) is 23.2 Å². The van der Waals surface area contributed by atoms with Gasteiger partial charge < -0.3 is 5.32 Å². The third-order valence-electron chi connectivity index (χ3n) is 2.63. The fourth-order valence-electron chi connectivity index (χ4n) is 1.61. The Morgan fingerprint density at radius 3 is 2.70 bits per heavy atom. The highest BCUT2D eigenvalue weighted by molar-refractivity contribution is 9.10. The fourth-order valence-corrected chi connectivity index (χ4v) is 2.20. The van der Waals surface area contributed by atoms with Gasteiger partial charge in [-0.2, -0.15) is 0 Å². The van der Waals surface area contributed by atoms with E-state index in [4.69, 9.17) is 11.6 Å². The molecule has 0 aliphatic rings. The summed E-state index contributed by atoms with van der Waals surface area (Å²) in [4.78, 5) is 10.3. The van der Waals surface area contributed by atoms with E-state index in [0.29, 0.717) is 16.7 Å². The van der Waals surface area contributed by atoms with Crippen LogP contribution in [-0.2, 0) is 6.54 Å². The van der Waals surface area contributed by atoms with Crippen molar-refractivity contribution in [2.75, 3.05) is 5.32 Å². The van der Waals surface area contributed by atoms with Crippen LogP contribution in [0.1, 0.15) is 5.56 Å². The molecule has 0 saturated heterocycles. The van der Waals surface area contributed by atoms with Gasteiger partial charge in [-0.15, -0.1) is 0 Å². The van der Waals surface area contributed by atoms with Crippen molar-refractivity contribution in [3.63, 3.8) is 0 Å². The van der Waals surface area contributed by atoms with Gasteiger partial charge in [-0.25, -0.2) is 4.39 Å². The van der Waals surface area contributed by atoms with Crippen LogP contribution in [0.25, 0.3) is 0 Å². The van der Waals surface area contributed by atoms with Gasteiger partial charge in [0.15, 0.2) is 0 Å². The van der Waals surface area contributed by atoms with Crippen molar-refractivity contribution >= 4 is 38.9 Å². The minimum Gasteiger partial charge on any atom is -0.380 e. The van der Waals surface area contributed by atoms with Crippen molar-refractivity contribution < 1.29 is 9.31 Å². The van der Waals surface area contributed by atoms with E-state index in [1.165, 1.54) is 24.3 Å². The summed E-state index contributed by atoms with van der Waals surface area (Å²) in [6, 6.07) is 8.81. The molecule has 0 aromatic heterocycles. The quantitative estimate of drug-likeness (QED) is 0.632. The molecule has 20 heavy (non-hydrogen) atoms. The zero-order valence-corrected chi connectivity index (χ0v) is 12.4. The first-order valence-electron chi connectivity index (χ1n) is 5.59. The zero-order chi connectivity index (χ0) is 14.7. The predicted octanol–water partition coefficient (Wildman–Crippen LogP) is 4.76. The summed E-state index contributed by atoms with van der Waals surface area (Å²) in [6.07, 6.45) is 0. The fraction of sp³-hybridized carbons (Fsp3) is 0.0769. The third-order valence-corrected chi connectivity index (χ3v) is 3.61. The molecular weight excluding hydrogens is 351 g/mol. The second kappa shape index (κ2) is 6.19. The molecule has 0 atom stereocenters. The van der Waals surface area contributed by atoms with E-state index in [-0.39, 0.29) is 10.7 Å². The number of hydrogen-bond donors (Lipinski definition) is 1. The molecule has 0 aliphatic carbocycles. The predicted molar refractivity (Wildman–Crippen MR) is 79.5 cm³/mol. The van der Waals surface area contributed by atoms with Crippen molar-refractivity contribution in [1.29, 1.82) is 0 Å². The molecule has 0 heterocycles. The standard InChI is InChI=1S/C13H9BrClFN2O2/c14-10-3-2-9(18(19)20)6-13(10)17-7-8-1-4-12(16)11(15)5-8/h1-6,17H,7H2. The highest BCUT2D eigenvalue weighted by Gasteiger charge is 2.09. The largest absolute Gasteiger partial charge is 0.380 e. The first-order valence-corrected chi connectivity index (χ1v) is 6.76. The van der Waals surface area contributed by atoms with Crippen LogP contribution in [0, 0.1) is 15.9 Å². The number of anilines is 1. The van der Waals surface area contributed by atoms with Gasteiger partial charge >= 0.3 is 0 Å². The number of hydrogen-bond acceptors (Lipinski definition) is 3. The zero-order valence-electron chi connectivity index (χ0n) is 10.1. The van der Waals surface area contributed by atoms with Crippen molar-refractivity contribution in [2.45, 2.75) is 6.54 Å². The Kier molecular flexibility index (Phi) is 4.57. The Morgan fingerprint density at radius 1 is 1.30 bits per heavy atom. The molecule has 104 valence electrons. The maximum absolute atomic E-state index is 13.0. The molecule has 0 unspecified atom stereocenters. The minimum atomic E-state index is -0.480. The Hall–Kier alpha value is -1.66. The number of nitro benzene ring substituents is 1. The number of rotatable bonds is 4. The van der Waals surface area contributed by atoms with Crippen LogP contribution in [-0.4, -0.2) is 4.92 Å². The van der Waals surface area contributed by atoms with Crippen LogP contribution < -0.4 is 5.32 Å². The molecule has 2 rings (SSSR count). The molecular formula is C13H9BrClFN2O2. The molecule has 0 amide bonds. The van der Waals surface area contributed by atoms with Gasteiger partial charge in [0.2, 0.25) is 0 Å². The van der Waals surface area contributed by atoms with E-state index < -0.39 is 10.7 Å². The Labute approximate surface area is 127 Å². The van der Waals surface area contributed by atoms with Crippen LogP contribution in [0.3, 0.4) is 0 Å². The maximum Gasteiger partial charge on any atom is 0.271 e. The van der Waals surface area contributed by atoms with E-state index in [1.807, 2.05) is 0 Å². The number of nitro groups is 1. The molecule has 2 aromatic rings. The number of nitrogens with one attached hydrogen (secondary N) is 1. The maximum atomic E-state index is 13.0. The van der Waals surface area contributed by atoms with Gasteiger partial charge in [0.05, 0.1) is 15.6 Å². The molecule has 0 bridgehead atoms. The first-order chi connectivity index (χ1) is 9.47. The minimum absolute atomic E-state index is 0.00663. The molecule has 2 aromatic carbocycles. The average Bonchev–Trinajstić information content (AvgIpc) is 2.41. The lowest BCUT2D eigenvalue weighted by molar-refractivity contribution is -0.384. The summed E-state index contributed by atoms with van der Waals surface area (Å²) in [5.74, 6) is -0.480. The smallest absolute Gasteiger partial charge is 0.271 e.